The van der Waals surface area contributed by atoms with E-state index in [1.165, 1.54) is 5.56 Å². The molecule has 0 aliphatic carbocycles. The molecule has 2 heterocycles. The van der Waals surface area contributed by atoms with Crippen molar-refractivity contribution in [1.29, 1.82) is 0 Å². The topological polar surface area (TPSA) is 62.3 Å². The Hall–Kier alpha value is -3.73. The number of anilines is 1. The van der Waals surface area contributed by atoms with Crippen LogP contribution in [0.5, 0.6) is 0 Å². The molecule has 31 heavy (non-hydrogen) atoms. The normalized spacial score (nSPS) is 18.5. The summed E-state index contributed by atoms with van der Waals surface area (Å²) in [6.45, 7) is 4.54. The molecule has 4 rings (SSSR count). The van der Waals surface area contributed by atoms with Crippen molar-refractivity contribution >= 4 is 17.4 Å². The van der Waals surface area contributed by atoms with Crippen molar-refractivity contribution in [3.05, 3.63) is 108 Å². The van der Waals surface area contributed by atoms with E-state index in [-0.39, 0.29) is 11.7 Å². The van der Waals surface area contributed by atoms with Gasteiger partial charge >= 0.3 is 0 Å². The van der Waals surface area contributed by atoms with E-state index in [9.17, 15) is 9.59 Å². The van der Waals surface area contributed by atoms with Crippen molar-refractivity contribution in [2.24, 2.45) is 5.92 Å². The largest absolute Gasteiger partial charge is 0.361 e. The molecule has 3 aromatic rings. The molecule has 0 radical (unpaired) electrons. The monoisotopic (exact) mass is 411 g/mol. The first-order chi connectivity index (χ1) is 15.0. The summed E-state index contributed by atoms with van der Waals surface area (Å²) in [4.78, 5) is 33.0. The number of pyridine rings is 1. The number of para-hydroxylation sites is 1. The molecule has 0 fully saturated rings. The zero-order valence-electron chi connectivity index (χ0n) is 17.7. The lowest BCUT2D eigenvalue weighted by Crippen LogP contribution is -2.45. The maximum absolute atomic E-state index is 13.3. The number of hydrogen-bond donors (Lipinski definition) is 1. The molecule has 5 nitrogen and oxygen atoms in total. The van der Waals surface area contributed by atoms with Crippen LogP contribution in [0, 0.1) is 12.8 Å². The van der Waals surface area contributed by atoms with Gasteiger partial charge in [-0.25, -0.2) is 0 Å². The number of benzene rings is 2. The van der Waals surface area contributed by atoms with Gasteiger partial charge in [-0.15, -0.1) is 0 Å². The maximum atomic E-state index is 13.3. The van der Waals surface area contributed by atoms with Crippen molar-refractivity contribution in [1.82, 2.24) is 9.88 Å². The average Bonchev–Trinajstić information content (AvgIpc) is 2.78. The Morgan fingerprint density at radius 1 is 0.968 bits per heavy atom. The molecule has 1 aliphatic heterocycles. The van der Waals surface area contributed by atoms with E-state index < -0.39 is 12.0 Å². The van der Waals surface area contributed by atoms with Crippen LogP contribution < -0.4 is 5.32 Å². The molecule has 1 amide bonds. The van der Waals surface area contributed by atoms with Crippen LogP contribution in [0.15, 0.2) is 90.8 Å². The highest BCUT2D eigenvalue weighted by atomic mass is 16.2. The van der Waals surface area contributed by atoms with Crippen LogP contribution in [0.4, 0.5) is 5.69 Å². The number of aryl methyl sites for hydroxylation is 1. The first kappa shape index (κ1) is 20.5. The highest BCUT2D eigenvalue weighted by Gasteiger charge is 2.42. The van der Waals surface area contributed by atoms with Crippen molar-refractivity contribution in [3.63, 3.8) is 0 Å². The third-order valence-electron chi connectivity index (χ3n) is 5.55. The number of nitrogens with zero attached hydrogens (tertiary/aromatic N) is 2. The Bertz CT molecular complexity index is 1090. The SMILES string of the molecule is CC1=CC(=O)C(C(=O)Nc2ccccc2)C(c2ccccn2)N1Cc1ccc(C)cc1. The Kier molecular flexibility index (Phi) is 5.94. The molecule has 1 N–H and O–H groups in total. The molecule has 2 unspecified atom stereocenters. The van der Waals surface area contributed by atoms with Crippen molar-refractivity contribution in [2.45, 2.75) is 26.4 Å². The highest BCUT2D eigenvalue weighted by Crippen LogP contribution is 2.37. The Balaban J connectivity index is 1.72. The molecule has 2 aromatic carbocycles. The summed E-state index contributed by atoms with van der Waals surface area (Å²) in [5, 5.41) is 2.91. The lowest BCUT2D eigenvalue weighted by molar-refractivity contribution is -0.132. The predicted molar refractivity (Wildman–Crippen MR) is 121 cm³/mol. The molecule has 1 aromatic heterocycles. The van der Waals surface area contributed by atoms with Gasteiger partial charge in [0.05, 0.1) is 11.7 Å². The van der Waals surface area contributed by atoms with Gasteiger partial charge in [-0.1, -0.05) is 54.1 Å². The van der Waals surface area contributed by atoms with Gasteiger partial charge in [0.2, 0.25) is 5.91 Å². The lowest BCUT2D eigenvalue weighted by Gasteiger charge is -2.40. The fourth-order valence-electron chi connectivity index (χ4n) is 3.94. The maximum Gasteiger partial charge on any atom is 0.237 e. The van der Waals surface area contributed by atoms with Crippen molar-refractivity contribution in [3.8, 4) is 0 Å². The third-order valence-corrected chi connectivity index (χ3v) is 5.55. The van der Waals surface area contributed by atoms with Gasteiger partial charge in [-0.3, -0.25) is 14.6 Å². The summed E-state index contributed by atoms with van der Waals surface area (Å²) in [7, 11) is 0. The fourth-order valence-corrected chi connectivity index (χ4v) is 3.94. The molecule has 2 atom stereocenters. The van der Waals surface area contributed by atoms with E-state index in [1.807, 2.05) is 55.5 Å². The molecule has 156 valence electrons. The van der Waals surface area contributed by atoms with E-state index in [0.717, 1.165) is 11.3 Å². The second kappa shape index (κ2) is 8.96. The molecular weight excluding hydrogens is 386 g/mol. The van der Waals surface area contributed by atoms with E-state index in [1.54, 1.807) is 12.3 Å². The molecule has 5 heteroatoms. The van der Waals surface area contributed by atoms with Crippen LogP contribution >= 0.6 is 0 Å². The van der Waals surface area contributed by atoms with Gasteiger partial charge < -0.3 is 10.2 Å². The summed E-state index contributed by atoms with van der Waals surface area (Å²) in [5.74, 6) is -1.43. The minimum atomic E-state index is -0.899. The smallest absolute Gasteiger partial charge is 0.237 e. The number of nitrogens with one attached hydrogen (secondary N) is 1. The number of hydrogen-bond acceptors (Lipinski definition) is 4. The fraction of sp³-hybridized carbons (Fsp3) is 0.192. The number of carbonyl (C=O) groups is 2. The van der Waals surface area contributed by atoms with Crippen LogP contribution in [-0.4, -0.2) is 21.6 Å². The van der Waals surface area contributed by atoms with Gasteiger partial charge in [0, 0.05) is 30.2 Å². The number of rotatable bonds is 5. The predicted octanol–water partition coefficient (Wildman–Crippen LogP) is 4.67. The average molecular weight is 412 g/mol. The summed E-state index contributed by atoms with van der Waals surface area (Å²) < 4.78 is 0. The molecular formula is C26H25N3O2. The second-order valence-electron chi connectivity index (χ2n) is 7.83. The minimum Gasteiger partial charge on any atom is -0.361 e. The molecule has 0 bridgehead atoms. The van der Waals surface area contributed by atoms with Crippen LogP contribution in [0.2, 0.25) is 0 Å². The number of ketones is 1. The summed E-state index contributed by atoms with van der Waals surface area (Å²) >= 11 is 0. The van der Waals surface area contributed by atoms with Crippen LogP contribution in [-0.2, 0) is 16.1 Å². The van der Waals surface area contributed by atoms with E-state index in [4.69, 9.17) is 0 Å². The van der Waals surface area contributed by atoms with Crippen molar-refractivity contribution in [2.75, 3.05) is 5.32 Å². The van der Waals surface area contributed by atoms with E-state index in [0.29, 0.717) is 17.9 Å². The first-order valence-electron chi connectivity index (χ1n) is 10.3. The van der Waals surface area contributed by atoms with Crippen LogP contribution in [0.25, 0.3) is 0 Å². The lowest BCUT2D eigenvalue weighted by atomic mass is 9.85. The second-order valence-corrected chi connectivity index (χ2v) is 7.83. The van der Waals surface area contributed by atoms with E-state index >= 15 is 0 Å². The molecule has 0 saturated carbocycles. The summed E-state index contributed by atoms with van der Waals surface area (Å²) in [6, 6.07) is 22.6. The molecule has 1 aliphatic rings. The quantitative estimate of drug-likeness (QED) is 0.620. The van der Waals surface area contributed by atoms with E-state index in [2.05, 4.69) is 46.4 Å². The Morgan fingerprint density at radius 3 is 2.35 bits per heavy atom. The number of amides is 1. The van der Waals surface area contributed by atoms with Gasteiger partial charge in [0.25, 0.3) is 0 Å². The highest BCUT2D eigenvalue weighted by molar-refractivity contribution is 6.12. The zero-order valence-corrected chi connectivity index (χ0v) is 17.7. The summed E-state index contributed by atoms with van der Waals surface area (Å²) in [5.41, 5.74) is 4.48. The zero-order chi connectivity index (χ0) is 21.8. The number of aromatic nitrogens is 1. The van der Waals surface area contributed by atoms with Gasteiger partial charge in [-0.2, -0.15) is 0 Å². The van der Waals surface area contributed by atoms with Crippen LogP contribution in [0.1, 0.15) is 29.8 Å². The standard InChI is InChI=1S/C26H25N3O2/c1-18-11-13-20(14-12-18)17-29-19(2)16-23(30)24(25(29)22-10-6-7-15-27-22)26(31)28-21-8-4-3-5-9-21/h3-16,24-25H,17H2,1-2H3,(H,28,31). The van der Waals surface area contributed by atoms with Crippen molar-refractivity contribution < 1.29 is 9.59 Å². The van der Waals surface area contributed by atoms with Gasteiger partial charge in [0.1, 0.15) is 5.92 Å². The molecule has 0 spiro atoms. The first-order valence-corrected chi connectivity index (χ1v) is 10.3. The number of carbonyl (C=O) groups excluding carboxylic acids is 2. The Labute approximate surface area is 182 Å². The van der Waals surface area contributed by atoms with Gasteiger partial charge in [0.15, 0.2) is 5.78 Å². The Morgan fingerprint density at radius 2 is 1.68 bits per heavy atom. The third kappa shape index (κ3) is 4.56. The summed E-state index contributed by atoms with van der Waals surface area (Å²) in [6.07, 6.45) is 3.27. The minimum absolute atomic E-state index is 0.207. The van der Waals surface area contributed by atoms with Gasteiger partial charge in [-0.05, 0) is 43.7 Å². The number of allylic oxidation sites excluding steroid dienone is 2. The molecule has 0 saturated heterocycles. The van der Waals surface area contributed by atoms with Crippen LogP contribution in [0.3, 0.4) is 0 Å².